The first kappa shape index (κ1) is 25.6. The van der Waals surface area contributed by atoms with Crippen LogP contribution in [0.1, 0.15) is 18.1 Å². The third-order valence-electron chi connectivity index (χ3n) is 5.42. The van der Waals surface area contributed by atoms with Crippen molar-refractivity contribution in [3.8, 4) is 28.6 Å². The Hall–Kier alpha value is -3.49. The van der Waals surface area contributed by atoms with Gasteiger partial charge in [0.05, 0.1) is 30.2 Å². The van der Waals surface area contributed by atoms with Crippen molar-refractivity contribution in [1.82, 2.24) is 14.8 Å². The number of anilines is 1. The van der Waals surface area contributed by atoms with Gasteiger partial charge in [0.2, 0.25) is 5.91 Å². The van der Waals surface area contributed by atoms with E-state index in [4.69, 9.17) is 21.1 Å². The number of carbonyl (C=O) groups is 1. The van der Waals surface area contributed by atoms with Gasteiger partial charge in [0, 0.05) is 11.3 Å². The predicted molar refractivity (Wildman–Crippen MR) is 145 cm³/mol. The highest BCUT2D eigenvalue weighted by Crippen LogP contribution is 2.31. The van der Waals surface area contributed by atoms with Gasteiger partial charge in [-0.2, -0.15) is 0 Å². The molecule has 1 amide bonds. The van der Waals surface area contributed by atoms with Gasteiger partial charge < -0.3 is 14.8 Å². The van der Waals surface area contributed by atoms with Gasteiger partial charge in [0.1, 0.15) is 11.5 Å². The molecular weight excluding hydrogens is 496 g/mol. The van der Waals surface area contributed by atoms with E-state index in [1.165, 1.54) is 11.8 Å². The monoisotopic (exact) mass is 522 g/mol. The number of ether oxygens (including phenoxy) is 2. The molecule has 1 heterocycles. The predicted octanol–water partition coefficient (Wildman–Crippen LogP) is 6.34. The summed E-state index contributed by atoms with van der Waals surface area (Å²) in [6.07, 6.45) is 0. The number of benzene rings is 3. The van der Waals surface area contributed by atoms with Crippen LogP contribution in [-0.4, -0.2) is 40.1 Å². The minimum Gasteiger partial charge on any atom is -0.497 e. The molecule has 0 saturated heterocycles. The first-order valence-electron chi connectivity index (χ1n) is 11.4. The molecule has 0 unspecified atom stereocenters. The van der Waals surface area contributed by atoms with Gasteiger partial charge in [-0.15, -0.1) is 10.2 Å². The summed E-state index contributed by atoms with van der Waals surface area (Å²) in [5.41, 5.74) is 4.31. The average molecular weight is 523 g/mol. The molecule has 0 radical (unpaired) electrons. The Morgan fingerprint density at radius 2 is 1.72 bits per heavy atom. The Balaban J connectivity index is 1.61. The van der Waals surface area contributed by atoms with E-state index in [0.29, 0.717) is 28.3 Å². The molecule has 1 aromatic heterocycles. The lowest BCUT2D eigenvalue weighted by Gasteiger charge is -2.13. The molecule has 0 atom stereocenters. The lowest BCUT2D eigenvalue weighted by atomic mass is 10.1. The highest BCUT2D eigenvalue weighted by atomic mass is 35.5. The standard InChI is InChI=1S/C27H27ClN4O3S/c1-5-35-22-12-8-20(9-13-22)32-26(19-6-10-21(34-4)11-7-19)30-31-27(32)36-16-24(33)29-25-18(3)14-17(2)15-23(25)28/h6-15H,5,16H2,1-4H3,(H,29,33). The molecule has 4 rings (SSSR count). The molecule has 7 nitrogen and oxygen atoms in total. The van der Waals surface area contributed by atoms with Crippen molar-refractivity contribution in [1.29, 1.82) is 0 Å². The van der Waals surface area contributed by atoms with Gasteiger partial charge in [-0.25, -0.2) is 0 Å². The molecule has 4 aromatic rings. The number of hydrogen-bond donors (Lipinski definition) is 1. The van der Waals surface area contributed by atoms with E-state index in [-0.39, 0.29) is 11.7 Å². The highest BCUT2D eigenvalue weighted by molar-refractivity contribution is 7.99. The third-order valence-corrected chi connectivity index (χ3v) is 6.64. The van der Waals surface area contributed by atoms with Gasteiger partial charge in [-0.05, 0) is 86.5 Å². The molecule has 9 heteroatoms. The normalized spacial score (nSPS) is 10.8. The Morgan fingerprint density at radius 1 is 1.03 bits per heavy atom. The van der Waals surface area contributed by atoms with Gasteiger partial charge in [0.15, 0.2) is 11.0 Å². The summed E-state index contributed by atoms with van der Waals surface area (Å²) in [6, 6.07) is 19.1. The van der Waals surface area contributed by atoms with Crippen LogP contribution in [0.3, 0.4) is 0 Å². The molecule has 0 saturated carbocycles. The van der Waals surface area contributed by atoms with E-state index in [9.17, 15) is 4.79 Å². The topological polar surface area (TPSA) is 78.3 Å². The number of carbonyl (C=O) groups excluding carboxylic acids is 1. The number of hydrogen-bond acceptors (Lipinski definition) is 6. The zero-order chi connectivity index (χ0) is 25.7. The molecule has 0 fully saturated rings. The lowest BCUT2D eigenvalue weighted by molar-refractivity contribution is -0.113. The van der Waals surface area contributed by atoms with Crippen LogP contribution in [0.5, 0.6) is 11.5 Å². The number of amides is 1. The van der Waals surface area contributed by atoms with Crippen LogP contribution >= 0.6 is 23.4 Å². The average Bonchev–Trinajstić information content (AvgIpc) is 3.29. The number of aromatic nitrogens is 3. The summed E-state index contributed by atoms with van der Waals surface area (Å²) in [5.74, 6) is 2.14. The van der Waals surface area contributed by atoms with E-state index in [1.807, 2.05) is 86.0 Å². The zero-order valence-electron chi connectivity index (χ0n) is 20.5. The summed E-state index contributed by atoms with van der Waals surface area (Å²) in [4.78, 5) is 12.8. The van der Waals surface area contributed by atoms with Crippen LogP contribution in [0.4, 0.5) is 5.69 Å². The van der Waals surface area contributed by atoms with E-state index in [2.05, 4.69) is 15.5 Å². The van der Waals surface area contributed by atoms with Crippen LogP contribution in [0, 0.1) is 13.8 Å². The Morgan fingerprint density at radius 3 is 2.36 bits per heavy atom. The van der Waals surface area contributed by atoms with E-state index in [1.54, 1.807) is 7.11 Å². The maximum atomic E-state index is 12.8. The molecule has 3 aromatic carbocycles. The minimum atomic E-state index is -0.180. The van der Waals surface area contributed by atoms with Crippen LogP contribution in [0.2, 0.25) is 5.02 Å². The zero-order valence-corrected chi connectivity index (χ0v) is 22.1. The smallest absolute Gasteiger partial charge is 0.234 e. The fourth-order valence-electron chi connectivity index (χ4n) is 3.76. The molecule has 0 bridgehead atoms. The maximum Gasteiger partial charge on any atom is 0.234 e. The van der Waals surface area contributed by atoms with Crippen LogP contribution in [0.25, 0.3) is 17.1 Å². The van der Waals surface area contributed by atoms with E-state index < -0.39 is 0 Å². The van der Waals surface area contributed by atoms with Crippen molar-refractivity contribution >= 4 is 35.0 Å². The fraction of sp³-hybridized carbons (Fsp3) is 0.222. The number of halogens is 1. The SMILES string of the molecule is CCOc1ccc(-n2c(SCC(=O)Nc3c(C)cc(C)cc3Cl)nnc2-c2ccc(OC)cc2)cc1. The second-order valence-corrected chi connectivity index (χ2v) is 9.42. The molecule has 36 heavy (non-hydrogen) atoms. The van der Waals surface area contributed by atoms with Gasteiger partial charge in [0.25, 0.3) is 0 Å². The highest BCUT2D eigenvalue weighted by Gasteiger charge is 2.18. The van der Waals surface area contributed by atoms with Crippen LogP contribution < -0.4 is 14.8 Å². The van der Waals surface area contributed by atoms with Crippen molar-refractivity contribution in [2.24, 2.45) is 0 Å². The van der Waals surface area contributed by atoms with Gasteiger partial charge in [-0.1, -0.05) is 29.4 Å². The molecule has 0 aliphatic carbocycles. The van der Waals surface area contributed by atoms with Crippen molar-refractivity contribution in [2.75, 3.05) is 24.8 Å². The fourth-order valence-corrected chi connectivity index (χ4v) is 4.88. The minimum absolute atomic E-state index is 0.140. The Labute approximate surface area is 219 Å². The van der Waals surface area contributed by atoms with E-state index >= 15 is 0 Å². The van der Waals surface area contributed by atoms with Gasteiger partial charge in [-0.3, -0.25) is 9.36 Å². The molecule has 1 N–H and O–H groups in total. The number of nitrogens with zero attached hydrogens (tertiary/aromatic N) is 3. The summed E-state index contributed by atoms with van der Waals surface area (Å²) in [5, 5.41) is 12.9. The summed E-state index contributed by atoms with van der Waals surface area (Å²) in [7, 11) is 1.63. The first-order chi connectivity index (χ1) is 17.4. The third kappa shape index (κ3) is 5.83. The van der Waals surface area contributed by atoms with Gasteiger partial charge >= 0.3 is 0 Å². The lowest BCUT2D eigenvalue weighted by Crippen LogP contribution is -2.16. The number of rotatable bonds is 9. The number of methoxy groups -OCH3 is 1. The summed E-state index contributed by atoms with van der Waals surface area (Å²) >= 11 is 7.66. The molecule has 186 valence electrons. The van der Waals surface area contributed by atoms with Crippen molar-refractivity contribution in [2.45, 2.75) is 25.9 Å². The van der Waals surface area contributed by atoms with Crippen molar-refractivity contribution < 1.29 is 14.3 Å². The second-order valence-electron chi connectivity index (χ2n) is 8.07. The second kappa shape index (κ2) is 11.5. The Kier molecular flexibility index (Phi) is 8.18. The molecule has 0 spiro atoms. The number of aryl methyl sites for hydroxylation is 2. The molecule has 0 aliphatic heterocycles. The van der Waals surface area contributed by atoms with Crippen molar-refractivity contribution in [3.63, 3.8) is 0 Å². The maximum absolute atomic E-state index is 12.8. The van der Waals surface area contributed by atoms with Crippen LogP contribution in [-0.2, 0) is 4.79 Å². The quantitative estimate of drug-likeness (QED) is 0.258. The summed E-state index contributed by atoms with van der Waals surface area (Å²) in [6.45, 7) is 6.42. The number of thioether (sulfide) groups is 1. The van der Waals surface area contributed by atoms with Crippen LogP contribution in [0.15, 0.2) is 65.8 Å². The molecule has 0 aliphatic rings. The van der Waals surface area contributed by atoms with Crippen molar-refractivity contribution in [3.05, 3.63) is 76.8 Å². The Bertz CT molecular complexity index is 1330. The largest absolute Gasteiger partial charge is 0.497 e. The number of nitrogens with one attached hydrogen (secondary N) is 1. The first-order valence-corrected chi connectivity index (χ1v) is 12.8. The van der Waals surface area contributed by atoms with E-state index in [0.717, 1.165) is 33.9 Å². The molecular formula is C27H27ClN4O3S. The summed E-state index contributed by atoms with van der Waals surface area (Å²) < 4.78 is 12.8.